The van der Waals surface area contributed by atoms with Crippen molar-refractivity contribution in [2.45, 2.75) is 31.1 Å². The number of aromatic nitrogens is 1. The Bertz CT molecular complexity index is 1800. The number of amides is 3. The largest absolute Gasteiger partial charge is 0.493 e. The minimum absolute atomic E-state index is 0.0615. The smallest absolute Gasteiger partial charge is 0.274 e. The molecule has 2 unspecified atom stereocenters. The second-order valence-electron chi connectivity index (χ2n) is 13.0. The Morgan fingerprint density at radius 3 is 2.66 bits per heavy atom. The van der Waals surface area contributed by atoms with Crippen LogP contribution in [-0.2, 0) is 15.0 Å². The van der Waals surface area contributed by atoms with E-state index in [9.17, 15) is 19.2 Å². The summed E-state index contributed by atoms with van der Waals surface area (Å²) in [5.74, 6) is 0.775. The van der Waals surface area contributed by atoms with E-state index in [0.717, 1.165) is 41.7 Å². The molecule has 226 valence electrons. The summed E-state index contributed by atoms with van der Waals surface area (Å²) < 4.78 is 11.6. The van der Waals surface area contributed by atoms with E-state index in [-0.39, 0.29) is 48.5 Å². The number of imide groups is 1. The number of nitrogens with zero attached hydrogens (tertiary/aromatic N) is 3. The number of carbonyl (C=O) groups is 4. The van der Waals surface area contributed by atoms with Gasteiger partial charge in [-0.15, -0.1) is 0 Å². The predicted octanol–water partition coefficient (Wildman–Crippen LogP) is 3.52. The molecule has 1 N–H and O–H groups in total. The summed E-state index contributed by atoms with van der Waals surface area (Å²) in [7, 11) is 3.58. The molecule has 0 bridgehead atoms. The van der Waals surface area contributed by atoms with Gasteiger partial charge in [-0.1, -0.05) is 24.3 Å². The number of methoxy groups -OCH3 is 1. The van der Waals surface area contributed by atoms with Crippen molar-refractivity contribution in [1.82, 2.24) is 19.7 Å². The number of fused-ring (bicyclic) bond motifs is 2. The maximum Gasteiger partial charge on any atom is 0.274 e. The standard InChI is InChI=1S/C34H34N4O6/c1-36-9-7-33(8-10-36)18-30(40)37(32(33)42)11-12-44-28-14-20-13-25(35-24(20)15-27(28)43-2)31(41)38-19-21-17-34(21)23-6-4-3-5-22(23)26(39)16-29(34)38/h3-6,13-16,21,35H,7-12,17-19H2,1-2H3. The van der Waals surface area contributed by atoms with Crippen molar-refractivity contribution in [1.29, 1.82) is 0 Å². The van der Waals surface area contributed by atoms with E-state index in [0.29, 0.717) is 48.0 Å². The van der Waals surface area contributed by atoms with E-state index >= 15 is 0 Å². The number of piperidine rings is 2. The maximum absolute atomic E-state index is 13.8. The number of carbonyl (C=O) groups excluding carboxylic acids is 4. The lowest BCUT2D eigenvalue weighted by molar-refractivity contribution is -0.142. The molecule has 5 aliphatic rings. The van der Waals surface area contributed by atoms with E-state index in [1.54, 1.807) is 36.3 Å². The van der Waals surface area contributed by atoms with Crippen molar-refractivity contribution in [2.24, 2.45) is 11.3 Å². The average Bonchev–Trinajstić information content (AvgIpc) is 3.30. The van der Waals surface area contributed by atoms with Crippen molar-refractivity contribution >= 4 is 34.4 Å². The number of hydrogen-bond acceptors (Lipinski definition) is 7. The van der Waals surface area contributed by atoms with Crippen LogP contribution >= 0.6 is 0 Å². The van der Waals surface area contributed by atoms with Crippen LogP contribution < -0.4 is 9.47 Å². The molecule has 44 heavy (non-hydrogen) atoms. The number of H-pyrrole nitrogens is 1. The molecule has 2 spiro atoms. The monoisotopic (exact) mass is 594 g/mol. The number of ether oxygens (including phenoxy) is 2. The number of likely N-dealkylation sites (tertiary alicyclic amines) is 3. The average molecular weight is 595 g/mol. The minimum atomic E-state index is -0.575. The molecular weight excluding hydrogens is 560 g/mol. The fraction of sp³-hybridized carbons (Fsp3) is 0.412. The van der Waals surface area contributed by atoms with Crippen LogP contribution in [0.2, 0.25) is 0 Å². The summed E-state index contributed by atoms with van der Waals surface area (Å²) in [6, 6.07) is 13.1. The van der Waals surface area contributed by atoms with Crippen LogP contribution in [0.5, 0.6) is 11.5 Å². The first-order valence-corrected chi connectivity index (χ1v) is 15.3. The Morgan fingerprint density at radius 1 is 1.07 bits per heavy atom. The lowest BCUT2D eigenvalue weighted by Gasteiger charge is -2.35. The number of rotatable bonds is 6. The minimum Gasteiger partial charge on any atom is -0.493 e. The number of hydrogen-bond donors (Lipinski definition) is 1. The molecule has 0 radical (unpaired) electrons. The lowest BCUT2D eigenvalue weighted by Crippen LogP contribution is -2.44. The zero-order valence-corrected chi connectivity index (χ0v) is 24.9. The first kappa shape index (κ1) is 27.1. The van der Waals surface area contributed by atoms with Gasteiger partial charge in [0.2, 0.25) is 11.8 Å². The normalized spacial score (nSPS) is 25.3. The summed E-state index contributed by atoms with van der Waals surface area (Å²) >= 11 is 0. The zero-order valence-electron chi connectivity index (χ0n) is 24.9. The van der Waals surface area contributed by atoms with E-state index in [2.05, 4.69) is 9.88 Å². The Morgan fingerprint density at radius 2 is 1.86 bits per heavy atom. The third-order valence-corrected chi connectivity index (χ3v) is 10.6. The van der Waals surface area contributed by atoms with Gasteiger partial charge in [0.1, 0.15) is 12.3 Å². The van der Waals surface area contributed by atoms with Gasteiger partial charge >= 0.3 is 0 Å². The van der Waals surface area contributed by atoms with Crippen LogP contribution in [0.25, 0.3) is 10.9 Å². The van der Waals surface area contributed by atoms with E-state index in [1.165, 1.54) is 4.90 Å². The number of allylic oxidation sites excluding steroid dienone is 2. The molecule has 3 saturated heterocycles. The molecular formula is C34H34N4O6. The first-order chi connectivity index (χ1) is 21.2. The van der Waals surface area contributed by atoms with Crippen molar-refractivity contribution in [3.05, 3.63) is 71.1 Å². The maximum atomic E-state index is 13.8. The second kappa shape index (κ2) is 9.53. The number of ketones is 1. The van der Waals surface area contributed by atoms with Crippen LogP contribution in [0.4, 0.5) is 0 Å². The van der Waals surface area contributed by atoms with Gasteiger partial charge in [0.15, 0.2) is 17.3 Å². The molecule has 3 aliphatic heterocycles. The summed E-state index contributed by atoms with van der Waals surface area (Å²) in [6.07, 6.45) is 4.26. The Labute approximate surface area is 254 Å². The van der Waals surface area contributed by atoms with E-state index in [4.69, 9.17) is 9.47 Å². The Hall–Kier alpha value is -4.44. The van der Waals surface area contributed by atoms with Crippen molar-refractivity contribution in [2.75, 3.05) is 46.9 Å². The first-order valence-electron chi connectivity index (χ1n) is 15.3. The number of aromatic amines is 1. The fourth-order valence-corrected chi connectivity index (χ4v) is 8.02. The number of benzene rings is 2. The van der Waals surface area contributed by atoms with Gasteiger partial charge in [-0.3, -0.25) is 24.1 Å². The van der Waals surface area contributed by atoms with Gasteiger partial charge in [-0.2, -0.15) is 0 Å². The molecule has 3 aromatic rings. The molecule has 10 heteroatoms. The van der Waals surface area contributed by atoms with Crippen LogP contribution in [0, 0.1) is 11.3 Å². The van der Waals surface area contributed by atoms with Crippen molar-refractivity contribution < 1.29 is 28.7 Å². The van der Waals surface area contributed by atoms with E-state index in [1.807, 2.05) is 31.3 Å². The topological polar surface area (TPSA) is 112 Å². The molecule has 4 heterocycles. The van der Waals surface area contributed by atoms with Gasteiger partial charge in [-0.25, -0.2) is 0 Å². The molecule has 2 aliphatic carbocycles. The Balaban J connectivity index is 0.994. The highest BCUT2D eigenvalue weighted by molar-refractivity contribution is 6.10. The summed E-state index contributed by atoms with van der Waals surface area (Å²) in [5, 5.41) is 0.765. The molecule has 10 nitrogen and oxygen atoms in total. The summed E-state index contributed by atoms with van der Waals surface area (Å²) in [5.41, 5.74) is 2.87. The highest BCUT2D eigenvalue weighted by Crippen LogP contribution is 2.66. The van der Waals surface area contributed by atoms with Gasteiger partial charge in [0.05, 0.1) is 19.1 Å². The highest BCUT2D eigenvalue weighted by atomic mass is 16.5. The van der Waals surface area contributed by atoms with Crippen molar-refractivity contribution in [3.63, 3.8) is 0 Å². The molecule has 4 fully saturated rings. The lowest BCUT2D eigenvalue weighted by atomic mass is 9.77. The molecule has 2 aromatic carbocycles. The number of nitrogens with one attached hydrogen (secondary N) is 1. The third kappa shape index (κ3) is 3.83. The van der Waals surface area contributed by atoms with Gasteiger partial charge in [0.25, 0.3) is 5.91 Å². The summed E-state index contributed by atoms with van der Waals surface area (Å²) in [4.78, 5) is 61.3. The van der Waals surface area contributed by atoms with E-state index < -0.39 is 5.41 Å². The summed E-state index contributed by atoms with van der Waals surface area (Å²) in [6.45, 7) is 2.50. The molecule has 2 atom stereocenters. The van der Waals surface area contributed by atoms with Gasteiger partial charge in [0, 0.05) is 52.7 Å². The van der Waals surface area contributed by atoms with Crippen LogP contribution in [0.3, 0.4) is 0 Å². The Kier molecular flexibility index (Phi) is 5.88. The van der Waals surface area contributed by atoms with Gasteiger partial charge in [-0.05, 0) is 63.0 Å². The quantitative estimate of drug-likeness (QED) is 0.435. The third-order valence-electron chi connectivity index (χ3n) is 10.6. The van der Waals surface area contributed by atoms with Crippen LogP contribution in [-0.4, -0.2) is 90.1 Å². The SMILES string of the molecule is COc1cc2[nH]c(C(=O)N3CC4CC45C3=CC(=O)c3ccccc35)cc2cc1OCCN1C(=O)CC2(CCN(C)CC2)C1=O. The molecule has 3 amide bonds. The second-order valence-corrected chi connectivity index (χ2v) is 13.0. The molecule has 1 aromatic heterocycles. The highest BCUT2D eigenvalue weighted by Gasteiger charge is 2.67. The fourth-order valence-electron chi connectivity index (χ4n) is 8.02. The van der Waals surface area contributed by atoms with Crippen LogP contribution in [0.1, 0.15) is 52.1 Å². The van der Waals surface area contributed by atoms with Crippen molar-refractivity contribution in [3.8, 4) is 11.5 Å². The van der Waals surface area contributed by atoms with Crippen LogP contribution in [0.15, 0.2) is 54.2 Å². The molecule has 8 rings (SSSR count). The predicted molar refractivity (Wildman–Crippen MR) is 161 cm³/mol. The molecule has 1 saturated carbocycles. The van der Waals surface area contributed by atoms with Gasteiger partial charge < -0.3 is 24.3 Å². The zero-order chi connectivity index (χ0) is 30.4.